The number of benzene rings is 2. The van der Waals surface area contributed by atoms with Crippen LogP contribution < -0.4 is 5.73 Å². The quantitative estimate of drug-likeness (QED) is 0.822. The Balaban J connectivity index is 1.89. The first kappa shape index (κ1) is 19.5. The van der Waals surface area contributed by atoms with Crippen LogP contribution in [0, 0.1) is 5.82 Å². The van der Waals surface area contributed by atoms with Gasteiger partial charge in [0.15, 0.2) is 0 Å². The van der Waals surface area contributed by atoms with E-state index in [4.69, 9.17) is 5.73 Å². The molecule has 0 fully saturated rings. The lowest BCUT2D eigenvalue weighted by atomic mass is 9.82. The van der Waals surface area contributed by atoms with Gasteiger partial charge in [0.25, 0.3) is 0 Å². The van der Waals surface area contributed by atoms with Crippen LogP contribution in [0.1, 0.15) is 29.9 Å². The fourth-order valence-electron chi connectivity index (χ4n) is 3.73. The third kappa shape index (κ3) is 4.36. The van der Waals surface area contributed by atoms with Crippen LogP contribution in [-0.4, -0.2) is 39.4 Å². The molecular formula is C20H23FN2O3S. The van der Waals surface area contributed by atoms with Gasteiger partial charge in [-0.2, -0.15) is 0 Å². The highest BCUT2D eigenvalue weighted by Gasteiger charge is 2.25. The molecule has 2 aromatic rings. The van der Waals surface area contributed by atoms with E-state index in [1.807, 2.05) is 18.0 Å². The Morgan fingerprint density at radius 2 is 1.96 bits per heavy atom. The van der Waals surface area contributed by atoms with Gasteiger partial charge in [0.1, 0.15) is 5.82 Å². The van der Waals surface area contributed by atoms with Gasteiger partial charge in [0.2, 0.25) is 15.7 Å². The Morgan fingerprint density at radius 1 is 1.22 bits per heavy atom. The summed E-state index contributed by atoms with van der Waals surface area (Å²) in [5, 5.41) is 0. The minimum Gasteiger partial charge on any atom is -0.369 e. The van der Waals surface area contributed by atoms with Gasteiger partial charge < -0.3 is 5.73 Å². The van der Waals surface area contributed by atoms with Crippen LogP contribution in [0.15, 0.2) is 52.3 Å². The second kappa shape index (κ2) is 7.78. The van der Waals surface area contributed by atoms with Crippen LogP contribution in [0.2, 0.25) is 0 Å². The lowest BCUT2D eigenvalue weighted by Crippen LogP contribution is -2.34. The summed E-state index contributed by atoms with van der Waals surface area (Å²) < 4.78 is 39.1. The fourth-order valence-corrected chi connectivity index (χ4v) is 5.07. The van der Waals surface area contributed by atoms with Gasteiger partial charge in [0.05, 0.1) is 16.3 Å². The van der Waals surface area contributed by atoms with E-state index in [1.165, 1.54) is 18.2 Å². The van der Waals surface area contributed by atoms with Gasteiger partial charge in [0, 0.05) is 6.54 Å². The van der Waals surface area contributed by atoms with Crippen LogP contribution in [0.3, 0.4) is 0 Å². The monoisotopic (exact) mass is 390 g/mol. The van der Waals surface area contributed by atoms with Crippen molar-refractivity contribution in [1.29, 1.82) is 0 Å². The molecule has 1 amide bonds. The third-order valence-electron chi connectivity index (χ3n) is 4.93. The SMILES string of the molecule is CN(CC(N)=O)CC1CCCc2cc(S(=O)(=O)c3cccc(F)c3)ccc21. The van der Waals surface area contributed by atoms with Crippen molar-refractivity contribution >= 4 is 15.7 Å². The van der Waals surface area contributed by atoms with E-state index in [0.29, 0.717) is 6.54 Å². The molecule has 0 aliphatic heterocycles. The van der Waals surface area contributed by atoms with Crippen molar-refractivity contribution in [3.8, 4) is 0 Å². The van der Waals surface area contributed by atoms with Crippen molar-refractivity contribution in [3.63, 3.8) is 0 Å². The number of likely N-dealkylation sites (N-methyl/N-ethyl adjacent to an activating group) is 1. The molecular weight excluding hydrogens is 367 g/mol. The lowest BCUT2D eigenvalue weighted by molar-refractivity contribution is -0.118. The highest BCUT2D eigenvalue weighted by molar-refractivity contribution is 7.91. The summed E-state index contributed by atoms with van der Waals surface area (Å²) in [6.45, 7) is 0.879. The van der Waals surface area contributed by atoms with Crippen LogP contribution in [-0.2, 0) is 21.1 Å². The van der Waals surface area contributed by atoms with Crippen LogP contribution in [0.5, 0.6) is 0 Å². The molecule has 144 valence electrons. The number of primary amides is 1. The summed E-state index contributed by atoms with van der Waals surface area (Å²) in [6, 6.07) is 10.2. The predicted octanol–water partition coefficient (Wildman–Crippen LogP) is 2.50. The summed E-state index contributed by atoms with van der Waals surface area (Å²) >= 11 is 0. The van der Waals surface area contributed by atoms with E-state index in [-0.39, 0.29) is 28.2 Å². The molecule has 27 heavy (non-hydrogen) atoms. The molecule has 0 aromatic heterocycles. The van der Waals surface area contributed by atoms with Gasteiger partial charge in [-0.05, 0) is 73.7 Å². The van der Waals surface area contributed by atoms with Crippen molar-refractivity contribution in [1.82, 2.24) is 4.90 Å². The molecule has 1 aliphatic rings. The first-order valence-corrected chi connectivity index (χ1v) is 10.4. The smallest absolute Gasteiger partial charge is 0.231 e. The Labute approximate surface area is 158 Å². The summed E-state index contributed by atoms with van der Waals surface area (Å²) in [5.41, 5.74) is 7.36. The second-order valence-electron chi connectivity index (χ2n) is 7.07. The van der Waals surface area contributed by atoms with Gasteiger partial charge in [-0.3, -0.25) is 9.69 Å². The van der Waals surface area contributed by atoms with Crippen molar-refractivity contribution in [2.45, 2.75) is 35.0 Å². The molecule has 0 bridgehead atoms. The number of aryl methyl sites for hydroxylation is 1. The maximum atomic E-state index is 13.4. The number of halogens is 1. The van der Waals surface area contributed by atoms with Crippen LogP contribution in [0.25, 0.3) is 0 Å². The number of nitrogens with two attached hydrogens (primary N) is 1. The number of nitrogens with zero attached hydrogens (tertiary/aromatic N) is 1. The average Bonchev–Trinajstić information content (AvgIpc) is 2.61. The zero-order valence-corrected chi connectivity index (χ0v) is 16.0. The Kier molecular flexibility index (Phi) is 5.62. The summed E-state index contributed by atoms with van der Waals surface area (Å²) in [4.78, 5) is 13.1. The molecule has 0 heterocycles. The molecule has 2 aromatic carbocycles. The molecule has 7 heteroatoms. The zero-order chi connectivity index (χ0) is 19.6. The van der Waals surface area contributed by atoms with E-state index in [9.17, 15) is 17.6 Å². The molecule has 0 radical (unpaired) electrons. The van der Waals surface area contributed by atoms with E-state index < -0.39 is 15.7 Å². The van der Waals surface area contributed by atoms with Gasteiger partial charge >= 0.3 is 0 Å². The van der Waals surface area contributed by atoms with Gasteiger partial charge in [-0.1, -0.05) is 12.1 Å². The maximum absolute atomic E-state index is 13.4. The van der Waals surface area contributed by atoms with Gasteiger partial charge in [-0.15, -0.1) is 0 Å². The first-order chi connectivity index (χ1) is 12.8. The number of amides is 1. The van der Waals surface area contributed by atoms with Gasteiger partial charge in [-0.25, -0.2) is 12.8 Å². The maximum Gasteiger partial charge on any atom is 0.231 e. The molecule has 0 saturated carbocycles. The zero-order valence-electron chi connectivity index (χ0n) is 15.2. The molecule has 5 nitrogen and oxygen atoms in total. The summed E-state index contributed by atoms with van der Waals surface area (Å²) in [6.07, 6.45) is 2.73. The average molecular weight is 390 g/mol. The molecule has 3 rings (SSSR count). The van der Waals surface area contributed by atoms with Crippen molar-refractivity contribution in [2.75, 3.05) is 20.1 Å². The van der Waals surface area contributed by atoms with Crippen LogP contribution in [0.4, 0.5) is 4.39 Å². The van der Waals surface area contributed by atoms with Crippen molar-refractivity contribution < 1.29 is 17.6 Å². The minimum absolute atomic E-state index is 0.0454. The standard InChI is InChI=1S/C20H23FN2O3S/c1-23(13-20(22)24)12-15-5-2-4-14-10-18(8-9-19(14)15)27(25,26)17-7-3-6-16(21)11-17/h3,6-11,15H,2,4-5,12-13H2,1H3,(H2,22,24). The molecule has 1 atom stereocenters. The predicted molar refractivity (Wildman–Crippen MR) is 101 cm³/mol. The van der Waals surface area contributed by atoms with Crippen LogP contribution >= 0.6 is 0 Å². The number of carbonyl (C=O) groups excluding carboxylic acids is 1. The van der Waals surface area contributed by atoms with E-state index in [1.54, 1.807) is 12.1 Å². The number of hydrogen-bond donors (Lipinski definition) is 1. The topological polar surface area (TPSA) is 80.5 Å². The van der Waals surface area contributed by atoms with Crippen molar-refractivity contribution in [3.05, 3.63) is 59.4 Å². The fraction of sp³-hybridized carbons (Fsp3) is 0.350. The number of rotatable bonds is 6. The Bertz CT molecular complexity index is 959. The third-order valence-corrected chi connectivity index (χ3v) is 6.68. The Morgan fingerprint density at radius 3 is 2.67 bits per heavy atom. The molecule has 1 aliphatic carbocycles. The largest absolute Gasteiger partial charge is 0.369 e. The highest BCUT2D eigenvalue weighted by Crippen LogP contribution is 2.34. The van der Waals surface area contributed by atoms with E-state index >= 15 is 0 Å². The second-order valence-corrected chi connectivity index (χ2v) is 9.02. The molecule has 1 unspecified atom stereocenters. The number of carbonyl (C=O) groups is 1. The summed E-state index contributed by atoms with van der Waals surface area (Å²) in [5.74, 6) is -0.722. The first-order valence-electron chi connectivity index (χ1n) is 8.87. The van der Waals surface area contributed by atoms with E-state index in [2.05, 4.69) is 0 Å². The molecule has 0 spiro atoms. The lowest BCUT2D eigenvalue weighted by Gasteiger charge is -2.29. The number of fused-ring (bicyclic) bond motifs is 1. The minimum atomic E-state index is -3.76. The summed E-state index contributed by atoms with van der Waals surface area (Å²) in [7, 11) is -1.91. The highest BCUT2D eigenvalue weighted by atomic mass is 32.2. The molecule has 2 N–H and O–H groups in total. The number of hydrogen-bond acceptors (Lipinski definition) is 4. The van der Waals surface area contributed by atoms with E-state index in [0.717, 1.165) is 36.5 Å². The van der Waals surface area contributed by atoms with Crippen molar-refractivity contribution in [2.24, 2.45) is 5.73 Å². The molecule has 0 saturated heterocycles. The number of sulfone groups is 1. The normalized spacial score (nSPS) is 16.9. The Hall–Kier alpha value is -2.25.